The topological polar surface area (TPSA) is 65.0 Å². The smallest absolute Gasteiger partial charge is 0.164 e. The zero-order chi connectivity index (χ0) is 49.2. The molecule has 14 aromatic rings. The van der Waals surface area contributed by atoms with Crippen LogP contribution < -0.4 is 0 Å². The van der Waals surface area contributed by atoms with Crippen LogP contribution in [0.4, 0.5) is 0 Å². The second-order valence-corrected chi connectivity index (χ2v) is 19.8. The molecule has 16 rings (SSSR count). The fourth-order valence-electron chi connectivity index (χ4n) is 12.4. The molecule has 0 fully saturated rings. The van der Waals surface area contributed by atoms with Crippen LogP contribution in [0.15, 0.2) is 258 Å². The third-order valence-corrected chi connectivity index (χ3v) is 15.8. The Kier molecular flexibility index (Phi) is 8.89. The van der Waals surface area contributed by atoms with Gasteiger partial charge >= 0.3 is 0 Å². The lowest BCUT2D eigenvalue weighted by Crippen LogP contribution is -2.25. The van der Waals surface area contributed by atoms with Gasteiger partial charge < -0.3 is 8.83 Å². The van der Waals surface area contributed by atoms with Gasteiger partial charge in [0.15, 0.2) is 17.5 Å². The summed E-state index contributed by atoms with van der Waals surface area (Å²) in [5, 5.41) is 4.00. The molecular weight excluding hydrogens is 915 g/mol. The monoisotopic (exact) mass is 955 g/mol. The molecule has 0 saturated carbocycles. The fraction of sp³-hybridized carbons (Fsp3) is 0.0143. The average molecular weight is 956 g/mol. The number of benzene rings is 11. The molecule has 0 atom stereocenters. The van der Waals surface area contributed by atoms with Gasteiger partial charge in [-0.05, 0) is 132 Å². The normalized spacial score (nSPS) is 12.9. The molecule has 0 bridgehead atoms. The quantitative estimate of drug-likeness (QED) is 0.166. The number of fused-ring (bicyclic) bond motifs is 16. The van der Waals surface area contributed by atoms with Crippen LogP contribution in [0.3, 0.4) is 0 Å². The number of hydrogen-bond donors (Lipinski definition) is 0. The van der Waals surface area contributed by atoms with E-state index in [0.29, 0.717) is 17.5 Å². The lowest BCUT2D eigenvalue weighted by atomic mass is 9.70. The van der Waals surface area contributed by atoms with Crippen molar-refractivity contribution in [1.29, 1.82) is 0 Å². The minimum atomic E-state index is -0.356. The van der Waals surface area contributed by atoms with Gasteiger partial charge in [0.1, 0.15) is 22.3 Å². The highest BCUT2D eigenvalue weighted by Gasteiger charge is 2.51. The van der Waals surface area contributed by atoms with Gasteiger partial charge in [0.25, 0.3) is 0 Å². The van der Waals surface area contributed by atoms with E-state index in [4.69, 9.17) is 23.8 Å². The zero-order valence-corrected chi connectivity index (χ0v) is 40.3. The Balaban J connectivity index is 0.798. The third-order valence-electron chi connectivity index (χ3n) is 15.8. The van der Waals surface area contributed by atoms with Gasteiger partial charge in [-0.2, -0.15) is 0 Å². The number of para-hydroxylation sites is 1. The maximum absolute atomic E-state index is 6.61. The Hall–Kier alpha value is -9.97. The van der Waals surface area contributed by atoms with Crippen molar-refractivity contribution in [2.24, 2.45) is 0 Å². The second-order valence-electron chi connectivity index (χ2n) is 19.8. The molecule has 0 radical (unpaired) electrons. The lowest BCUT2D eigenvalue weighted by Gasteiger charge is -2.30. The van der Waals surface area contributed by atoms with Gasteiger partial charge in [-0.1, -0.05) is 194 Å². The van der Waals surface area contributed by atoms with Gasteiger partial charge in [0.05, 0.1) is 5.41 Å². The van der Waals surface area contributed by atoms with Crippen molar-refractivity contribution in [1.82, 2.24) is 15.0 Å². The number of aromatic nitrogens is 3. The number of nitrogens with zero attached hydrogens (tertiary/aromatic N) is 3. The molecular formula is C70H41N3O2. The molecule has 5 heteroatoms. The summed E-state index contributed by atoms with van der Waals surface area (Å²) in [6, 6.07) is 88.7. The van der Waals surface area contributed by atoms with Gasteiger partial charge in [-0.3, -0.25) is 0 Å². The van der Waals surface area contributed by atoms with Crippen molar-refractivity contribution in [2.45, 2.75) is 5.41 Å². The maximum Gasteiger partial charge on any atom is 0.164 e. The van der Waals surface area contributed by atoms with E-state index >= 15 is 0 Å². The summed E-state index contributed by atoms with van der Waals surface area (Å²) in [4.78, 5) is 15.8. The molecule has 1 spiro atoms. The van der Waals surface area contributed by atoms with Gasteiger partial charge in [-0.25, -0.2) is 15.0 Å². The van der Waals surface area contributed by atoms with E-state index in [2.05, 4.69) is 200 Å². The molecule has 5 nitrogen and oxygen atoms in total. The first-order valence-corrected chi connectivity index (χ1v) is 25.5. The molecule has 0 unspecified atom stereocenters. The van der Waals surface area contributed by atoms with Crippen LogP contribution in [0.5, 0.6) is 0 Å². The molecule has 0 aliphatic heterocycles. The first kappa shape index (κ1) is 41.6. The Morgan fingerprint density at radius 2 is 0.667 bits per heavy atom. The van der Waals surface area contributed by atoms with Crippen molar-refractivity contribution in [3.8, 4) is 89.8 Å². The summed E-state index contributed by atoms with van der Waals surface area (Å²) >= 11 is 0. The summed E-state index contributed by atoms with van der Waals surface area (Å²) in [7, 11) is 0. The molecule has 0 amide bonds. The van der Waals surface area contributed by atoms with Crippen LogP contribution in [-0.2, 0) is 5.41 Å². The molecule has 0 saturated heterocycles. The van der Waals surface area contributed by atoms with Crippen LogP contribution in [0, 0.1) is 0 Å². The highest BCUT2D eigenvalue weighted by atomic mass is 16.3. The number of hydrogen-bond acceptors (Lipinski definition) is 5. The third kappa shape index (κ3) is 6.22. The summed E-state index contributed by atoms with van der Waals surface area (Å²) < 4.78 is 12.8. The fourth-order valence-corrected chi connectivity index (χ4v) is 12.4. The molecule has 75 heavy (non-hydrogen) atoms. The second kappa shape index (κ2) is 16.0. The van der Waals surface area contributed by atoms with Crippen molar-refractivity contribution in [3.63, 3.8) is 0 Å². The average Bonchev–Trinajstić information content (AvgIpc) is 4.39. The van der Waals surface area contributed by atoms with Gasteiger partial charge in [-0.15, -0.1) is 0 Å². The van der Waals surface area contributed by atoms with Crippen LogP contribution in [0.25, 0.3) is 134 Å². The molecule has 3 heterocycles. The van der Waals surface area contributed by atoms with E-state index in [0.717, 1.165) is 82.8 Å². The van der Waals surface area contributed by atoms with E-state index < -0.39 is 0 Å². The van der Waals surface area contributed by atoms with Crippen LogP contribution >= 0.6 is 0 Å². The number of rotatable bonds is 6. The highest BCUT2D eigenvalue weighted by Crippen LogP contribution is 2.63. The van der Waals surface area contributed by atoms with Crippen molar-refractivity contribution < 1.29 is 8.83 Å². The van der Waals surface area contributed by atoms with E-state index in [1.165, 1.54) is 55.6 Å². The van der Waals surface area contributed by atoms with Crippen LogP contribution in [-0.4, -0.2) is 15.0 Å². The summed E-state index contributed by atoms with van der Waals surface area (Å²) in [6.07, 6.45) is 0. The predicted molar refractivity (Wildman–Crippen MR) is 303 cm³/mol. The lowest BCUT2D eigenvalue weighted by molar-refractivity contribution is 0.668. The van der Waals surface area contributed by atoms with E-state index in [9.17, 15) is 0 Å². The van der Waals surface area contributed by atoms with E-state index in [1.807, 2.05) is 48.5 Å². The van der Waals surface area contributed by atoms with Crippen molar-refractivity contribution in [3.05, 3.63) is 271 Å². The standard InChI is InChI=1S/C70H41N3O2/c1-2-14-42(15-3-1)45-16-12-17-48(38-45)67-71-68(49-34-37-63-56(41-49)53-21-7-11-26-62(53)74-63)73-69(72-67)54-22-13-27-65-66(54)57-40-47(33-36-64(57)75-65)44-30-28-43(29-31-44)46-32-35-61-55(39-46)52-20-6-10-25-60(52)70(61)58-23-8-4-18-50(58)51-19-5-9-24-59(51)70/h1-41H. The van der Waals surface area contributed by atoms with Crippen molar-refractivity contribution in [2.75, 3.05) is 0 Å². The van der Waals surface area contributed by atoms with Gasteiger partial charge in [0.2, 0.25) is 0 Å². The molecule has 3 aromatic heterocycles. The van der Waals surface area contributed by atoms with Crippen LogP contribution in [0.2, 0.25) is 0 Å². The Morgan fingerprint density at radius 1 is 0.240 bits per heavy atom. The molecule has 2 aliphatic rings. The summed E-state index contributed by atoms with van der Waals surface area (Å²) in [5.74, 6) is 1.71. The van der Waals surface area contributed by atoms with Crippen molar-refractivity contribution >= 4 is 43.9 Å². The highest BCUT2D eigenvalue weighted by molar-refractivity contribution is 6.13. The Morgan fingerprint density at radius 3 is 1.40 bits per heavy atom. The van der Waals surface area contributed by atoms with E-state index in [-0.39, 0.29) is 5.41 Å². The SMILES string of the molecule is c1ccc(-c2cccc(-c3nc(-c4ccc5oc6ccccc6c5c4)nc(-c4cccc5oc6ccc(-c7ccc(-c8ccc9c(c8)-c8ccccc8C98c9ccccc9-c9ccccc98)cc7)cc6c45)n3)c2)cc1. The maximum atomic E-state index is 6.61. The predicted octanol–water partition coefficient (Wildman–Crippen LogP) is 18.0. The minimum absolute atomic E-state index is 0.356. The first-order chi connectivity index (χ1) is 37.1. The number of furan rings is 2. The molecule has 348 valence electrons. The zero-order valence-electron chi connectivity index (χ0n) is 40.3. The molecule has 2 aliphatic carbocycles. The summed E-state index contributed by atoms with van der Waals surface area (Å²) in [5.41, 5.74) is 22.9. The molecule has 11 aromatic carbocycles. The summed E-state index contributed by atoms with van der Waals surface area (Å²) in [6.45, 7) is 0. The largest absolute Gasteiger partial charge is 0.456 e. The van der Waals surface area contributed by atoms with E-state index in [1.54, 1.807) is 0 Å². The Labute approximate surface area is 431 Å². The van der Waals surface area contributed by atoms with Gasteiger partial charge in [0, 0.05) is 38.2 Å². The molecule has 0 N–H and O–H groups in total. The van der Waals surface area contributed by atoms with Crippen LogP contribution in [0.1, 0.15) is 22.3 Å². The minimum Gasteiger partial charge on any atom is -0.456 e. The first-order valence-electron chi connectivity index (χ1n) is 25.5. The Bertz CT molecular complexity index is 4620.